The lowest BCUT2D eigenvalue weighted by atomic mass is 9.54. The third kappa shape index (κ3) is 2.51. The molecule has 2 saturated carbocycles. The predicted molar refractivity (Wildman–Crippen MR) is 101 cm³/mol. The van der Waals surface area contributed by atoms with Crippen LogP contribution in [0, 0.1) is 35.0 Å². The molecule has 4 rings (SSSR count). The van der Waals surface area contributed by atoms with Gasteiger partial charge >= 0.3 is 0 Å². The number of allylic oxidation sites excluding steroid dienone is 4. The van der Waals surface area contributed by atoms with Gasteiger partial charge in [-0.3, -0.25) is 4.79 Å². The van der Waals surface area contributed by atoms with Gasteiger partial charge in [0.1, 0.15) is 0 Å². The highest BCUT2D eigenvalue weighted by Crippen LogP contribution is 2.65. The number of rotatable bonds is 2. The van der Waals surface area contributed by atoms with Crippen molar-refractivity contribution in [2.24, 2.45) is 35.0 Å². The smallest absolute Gasteiger partial charge is 0.156 e. The van der Waals surface area contributed by atoms with Gasteiger partial charge in [-0.2, -0.15) is 0 Å². The van der Waals surface area contributed by atoms with Crippen molar-refractivity contribution in [1.29, 1.82) is 0 Å². The number of hydrogen-bond donors (Lipinski definition) is 1. The van der Waals surface area contributed by atoms with E-state index >= 15 is 0 Å². The Morgan fingerprint density at radius 1 is 1.28 bits per heavy atom. The highest BCUT2D eigenvalue weighted by molar-refractivity contribution is 5.93. The van der Waals surface area contributed by atoms with Gasteiger partial charge in [-0.25, -0.2) is 0 Å². The molecule has 1 N–H and O–H groups in total. The minimum atomic E-state index is -0.196. The quantitative estimate of drug-likeness (QED) is 0.760. The Bertz CT molecular complexity index is 640. The third-order valence-electron chi connectivity index (χ3n) is 8.40. The van der Waals surface area contributed by atoms with Crippen molar-refractivity contribution < 1.29 is 9.90 Å². The summed E-state index contributed by atoms with van der Waals surface area (Å²) < 4.78 is 0. The van der Waals surface area contributed by atoms with Crippen molar-refractivity contribution in [2.75, 3.05) is 0 Å². The second kappa shape index (κ2) is 6.08. The number of carbonyl (C=O) groups excluding carboxylic acids is 1. The molecule has 1 unspecified atom stereocenters. The summed E-state index contributed by atoms with van der Waals surface area (Å²) in [7, 11) is 0. The summed E-state index contributed by atoms with van der Waals surface area (Å²) >= 11 is 0. The average molecular weight is 343 g/mol. The zero-order chi connectivity index (χ0) is 17.9. The normalized spacial score (nSPS) is 44.8. The maximum atomic E-state index is 11.9. The molecule has 25 heavy (non-hydrogen) atoms. The molecule has 4 aliphatic rings. The number of carbonyl (C=O) groups is 1. The molecule has 2 heteroatoms. The molecule has 0 heterocycles. The molecule has 0 radical (unpaired) electrons. The molecule has 7 atom stereocenters. The van der Waals surface area contributed by atoms with Crippen LogP contribution in [-0.2, 0) is 4.79 Å². The van der Waals surface area contributed by atoms with Gasteiger partial charge in [0.25, 0.3) is 0 Å². The first-order valence-corrected chi connectivity index (χ1v) is 10.5. The van der Waals surface area contributed by atoms with Gasteiger partial charge in [0.15, 0.2) is 5.78 Å². The molecule has 138 valence electrons. The Labute approximate surface area is 152 Å². The Kier molecular flexibility index (Phi) is 4.26. The number of hydrogen-bond acceptors (Lipinski definition) is 2. The summed E-state index contributed by atoms with van der Waals surface area (Å²) in [6, 6.07) is 0. The number of aliphatic hydroxyl groups excluding tert-OH is 1. The van der Waals surface area contributed by atoms with Crippen LogP contribution in [0.4, 0.5) is 0 Å². The largest absolute Gasteiger partial charge is 0.393 e. The van der Waals surface area contributed by atoms with E-state index in [1.165, 1.54) is 37.7 Å². The molecule has 0 aromatic carbocycles. The molecule has 0 saturated heterocycles. The molecule has 0 aromatic rings. The summed E-state index contributed by atoms with van der Waals surface area (Å²) in [5, 5.41) is 10.6. The lowest BCUT2D eigenvalue weighted by Crippen LogP contribution is -2.44. The lowest BCUT2D eigenvalue weighted by molar-refractivity contribution is -0.114. The van der Waals surface area contributed by atoms with Crippen molar-refractivity contribution in [3.63, 3.8) is 0 Å². The van der Waals surface area contributed by atoms with Crippen molar-refractivity contribution >= 4 is 5.78 Å². The fourth-order valence-corrected chi connectivity index (χ4v) is 7.40. The van der Waals surface area contributed by atoms with Crippen molar-refractivity contribution in [1.82, 2.24) is 0 Å². The highest BCUT2D eigenvalue weighted by atomic mass is 16.3. The third-order valence-corrected chi connectivity index (χ3v) is 8.40. The van der Waals surface area contributed by atoms with E-state index < -0.39 is 0 Å². The Morgan fingerprint density at radius 3 is 2.72 bits per heavy atom. The standard InChI is InChI=1S/C23H34O2/c1-5-15-11-21-20-10-13(2)19-12-16(25)6-7-17(19)18(20)8-9-23(21,4)22(15)14(3)24/h12-15,20-22,24H,5-11H2,1-4H3/t13-,14?,15+,20+,21-,22-,23-/m0/s1. The van der Waals surface area contributed by atoms with Gasteiger partial charge in [-0.05, 0) is 91.3 Å². The van der Waals surface area contributed by atoms with Gasteiger partial charge in [-0.15, -0.1) is 0 Å². The zero-order valence-electron chi connectivity index (χ0n) is 16.3. The van der Waals surface area contributed by atoms with E-state index in [4.69, 9.17) is 0 Å². The molecular formula is C23H34O2. The maximum absolute atomic E-state index is 11.9. The Hall–Kier alpha value is -0.890. The second-order valence-corrected chi connectivity index (χ2v) is 9.60. The highest BCUT2D eigenvalue weighted by Gasteiger charge is 2.58. The van der Waals surface area contributed by atoms with E-state index in [-0.39, 0.29) is 11.5 Å². The van der Waals surface area contributed by atoms with E-state index in [9.17, 15) is 9.90 Å². The minimum absolute atomic E-state index is 0.196. The van der Waals surface area contributed by atoms with Gasteiger partial charge in [0, 0.05) is 6.42 Å². The van der Waals surface area contributed by atoms with E-state index in [0.717, 1.165) is 12.3 Å². The lowest BCUT2D eigenvalue weighted by Gasteiger charge is -2.51. The fraction of sp³-hybridized carbons (Fsp3) is 0.783. The predicted octanol–water partition coefficient (Wildman–Crippen LogP) is 5.07. The molecule has 0 amide bonds. The van der Waals surface area contributed by atoms with Crippen molar-refractivity contribution in [3.05, 3.63) is 22.8 Å². The van der Waals surface area contributed by atoms with E-state index in [0.29, 0.717) is 35.9 Å². The first-order valence-electron chi connectivity index (χ1n) is 10.5. The van der Waals surface area contributed by atoms with E-state index in [1.54, 1.807) is 11.1 Å². The Balaban J connectivity index is 1.75. The second-order valence-electron chi connectivity index (χ2n) is 9.60. The van der Waals surface area contributed by atoms with Gasteiger partial charge in [-0.1, -0.05) is 32.8 Å². The SMILES string of the molecule is CC[C@@H]1C[C@H]2[C@@H]3C[C@H](C)C4=CC(=O)CCC4=C3CC[C@]2(C)[C@H]1C(C)O. The Morgan fingerprint density at radius 2 is 2.04 bits per heavy atom. The van der Waals surface area contributed by atoms with Crippen LogP contribution in [-0.4, -0.2) is 17.0 Å². The molecule has 0 bridgehead atoms. The van der Waals surface area contributed by atoms with Crippen LogP contribution < -0.4 is 0 Å². The van der Waals surface area contributed by atoms with Crippen LogP contribution in [0.15, 0.2) is 22.8 Å². The molecular weight excluding hydrogens is 308 g/mol. The van der Waals surface area contributed by atoms with Gasteiger partial charge in [0.2, 0.25) is 0 Å². The zero-order valence-corrected chi connectivity index (χ0v) is 16.3. The first kappa shape index (κ1) is 17.5. The molecule has 0 aromatic heterocycles. The van der Waals surface area contributed by atoms with Crippen LogP contribution in [0.25, 0.3) is 0 Å². The van der Waals surface area contributed by atoms with Gasteiger partial charge < -0.3 is 5.11 Å². The van der Waals surface area contributed by atoms with Crippen molar-refractivity contribution in [2.45, 2.75) is 78.7 Å². The molecule has 2 fully saturated rings. The maximum Gasteiger partial charge on any atom is 0.156 e. The number of fused-ring (bicyclic) bond motifs is 4. The number of aliphatic hydroxyl groups is 1. The average Bonchev–Trinajstić information content (AvgIpc) is 2.88. The fourth-order valence-electron chi connectivity index (χ4n) is 7.40. The van der Waals surface area contributed by atoms with Crippen LogP contribution in [0.3, 0.4) is 0 Å². The summed E-state index contributed by atoms with van der Waals surface area (Å²) in [6.45, 7) is 9.13. The summed E-state index contributed by atoms with van der Waals surface area (Å²) in [5.74, 6) is 3.36. The van der Waals surface area contributed by atoms with Crippen molar-refractivity contribution in [3.8, 4) is 0 Å². The molecule has 0 aliphatic heterocycles. The summed E-state index contributed by atoms with van der Waals surface area (Å²) in [5.41, 5.74) is 4.90. The van der Waals surface area contributed by atoms with Crippen LogP contribution in [0.5, 0.6) is 0 Å². The minimum Gasteiger partial charge on any atom is -0.393 e. The molecule has 4 aliphatic carbocycles. The molecule has 0 spiro atoms. The number of ketones is 1. The topological polar surface area (TPSA) is 37.3 Å². The van der Waals surface area contributed by atoms with Crippen LogP contribution in [0.1, 0.15) is 72.6 Å². The van der Waals surface area contributed by atoms with Crippen LogP contribution in [0.2, 0.25) is 0 Å². The van der Waals surface area contributed by atoms with Crippen LogP contribution >= 0.6 is 0 Å². The molecule has 2 nitrogen and oxygen atoms in total. The van der Waals surface area contributed by atoms with E-state index in [1.807, 2.05) is 13.0 Å². The summed E-state index contributed by atoms with van der Waals surface area (Å²) in [4.78, 5) is 11.9. The van der Waals surface area contributed by atoms with Gasteiger partial charge in [0.05, 0.1) is 6.10 Å². The first-order chi connectivity index (χ1) is 11.9. The monoisotopic (exact) mass is 342 g/mol. The summed E-state index contributed by atoms with van der Waals surface area (Å²) in [6.07, 6.45) is 9.53. The van der Waals surface area contributed by atoms with E-state index in [2.05, 4.69) is 20.8 Å².